The Labute approximate surface area is 190 Å². The molecule has 0 unspecified atom stereocenters. The average molecular weight is 538 g/mol. The van der Waals surface area contributed by atoms with Gasteiger partial charge in [-0.15, -0.1) is 24.0 Å². The molecule has 1 aliphatic heterocycles. The second-order valence-electron chi connectivity index (χ2n) is 7.29. The monoisotopic (exact) mass is 538 g/mol. The van der Waals surface area contributed by atoms with Crippen LogP contribution in [0.1, 0.15) is 27.7 Å². The molecule has 164 valence electrons. The summed E-state index contributed by atoms with van der Waals surface area (Å²) in [5.74, 6) is 1.33. The molecule has 0 radical (unpaired) electrons. The molecular weight excluding hydrogens is 507 g/mol. The molecule has 1 heterocycles. The van der Waals surface area contributed by atoms with Crippen LogP contribution in [0.3, 0.4) is 0 Å². The molecule has 10 heteroatoms. The summed E-state index contributed by atoms with van der Waals surface area (Å²) >= 11 is 0. The van der Waals surface area contributed by atoms with Gasteiger partial charge in [0.1, 0.15) is 12.4 Å². The highest BCUT2D eigenvalue weighted by molar-refractivity contribution is 14.0. The molecule has 0 saturated carbocycles. The van der Waals surface area contributed by atoms with Crippen molar-refractivity contribution in [2.45, 2.75) is 32.4 Å². The Kier molecular flexibility index (Phi) is 9.66. The molecule has 0 aromatic heterocycles. The zero-order valence-corrected chi connectivity index (χ0v) is 20.5. The van der Waals surface area contributed by atoms with Crippen molar-refractivity contribution in [2.24, 2.45) is 4.99 Å². The number of guanidine groups is 1. The summed E-state index contributed by atoms with van der Waals surface area (Å²) in [6.07, 6.45) is 0. The van der Waals surface area contributed by atoms with Gasteiger partial charge < -0.3 is 20.3 Å². The number of nitrogens with one attached hydrogen (secondary N) is 2. The highest BCUT2D eigenvalue weighted by Gasteiger charge is 2.40. The van der Waals surface area contributed by atoms with E-state index in [1.54, 1.807) is 26.0 Å². The average Bonchev–Trinajstić information content (AvgIpc) is 2.60. The maximum atomic E-state index is 12.2. The van der Waals surface area contributed by atoms with Gasteiger partial charge in [0.05, 0.1) is 17.0 Å². The number of aliphatic imine (C=N–C) groups is 1. The number of rotatable bonds is 6. The molecule has 0 aliphatic carbocycles. The summed E-state index contributed by atoms with van der Waals surface area (Å²) in [5.41, 5.74) is 0.679. The first kappa shape index (κ1) is 25.5. The van der Waals surface area contributed by atoms with Gasteiger partial charge in [-0.3, -0.25) is 4.79 Å². The number of nitrogens with zero attached hydrogens (tertiary/aromatic N) is 2. The maximum absolute atomic E-state index is 12.2. The van der Waals surface area contributed by atoms with Gasteiger partial charge in [0.15, 0.2) is 15.8 Å². The predicted molar refractivity (Wildman–Crippen MR) is 127 cm³/mol. The number of sulfone groups is 1. The van der Waals surface area contributed by atoms with Crippen LogP contribution in [0.4, 0.5) is 5.69 Å². The molecule has 29 heavy (non-hydrogen) atoms. The van der Waals surface area contributed by atoms with Crippen LogP contribution in [0.15, 0.2) is 29.3 Å². The Bertz CT molecular complexity index is 827. The number of amides is 1. The van der Waals surface area contributed by atoms with Gasteiger partial charge in [0.25, 0.3) is 0 Å². The third-order valence-electron chi connectivity index (χ3n) is 4.45. The molecule has 8 nitrogen and oxygen atoms in total. The van der Waals surface area contributed by atoms with Gasteiger partial charge >= 0.3 is 0 Å². The van der Waals surface area contributed by atoms with E-state index >= 15 is 0 Å². The lowest BCUT2D eigenvalue weighted by Crippen LogP contribution is -2.57. The van der Waals surface area contributed by atoms with E-state index in [0.717, 1.165) is 0 Å². The minimum atomic E-state index is -3.10. The zero-order valence-electron chi connectivity index (χ0n) is 17.4. The van der Waals surface area contributed by atoms with Crippen molar-refractivity contribution in [3.63, 3.8) is 0 Å². The summed E-state index contributed by atoms with van der Waals surface area (Å²) in [4.78, 5) is 17.7. The van der Waals surface area contributed by atoms with E-state index in [4.69, 9.17) is 4.74 Å². The lowest BCUT2D eigenvalue weighted by atomic mass is 10.2. The molecule has 1 saturated heterocycles. The number of carbonyl (C=O) groups excluding carboxylic acids is 1. The minimum Gasteiger partial charge on any atom is -0.492 e. The SMILES string of the molecule is CCNC(=NCCOc1cccc(NC(C)=O)c1)N1CCS(=O)(=O)C(C)(C)C1.I. The fourth-order valence-electron chi connectivity index (χ4n) is 2.93. The lowest BCUT2D eigenvalue weighted by Gasteiger charge is -2.39. The summed E-state index contributed by atoms with van der Waals surface area (Å²) in [7, 11) is -3.10. The number of anilines is 1. The molecule has 1 amide bonds. The Balaban J connectivity index is 0.00000420. The quantitative estimate of drug-likeness (QED) is 0.249. The van der Waals surface area contributed by atoms with Gasteiger partial charge in [-0.25, -0.2) is 13.4 Å². The van der Waals surface area contributed by atoms with E-state index in [9.17, 15) is 13.2 Å². The number of carbonyl (C=O) groups is 1. The van der Waals surface area contributed by atoms with Crippen molar-refractivity contribution in [2.75, 3.05) is 43.9 Å². The third-order valence-corrected chi connectivity index (χ3v) is 6.99. The molecule has 0 spiro atoms. The fraction of sp³-hybridized carbons (Fsp3) is 0.579. The van der Waals surface area contributed by atoms with Crippen LogP contribution < -0.4 is 15.4 Å². The first-order valence-corrected chi connectivity index (χ1v) is 11.1. The highest BCUT2D eigenvalue weighted by atomic mass is 127. The Morgan fingerprint density at radius 2 is 2.07 bits per heavy atom. The van der Waals surface area contributed by atoms with Crippen molar-refractivity contribution in [3.8, 4) is 5.75 Å². The van der Waals surface area contributed by atoms with E-state index < -0.39 is 14.6 Å². The van der Waals surface area contributed by atoms with Crippen molar-refractivity contribution < 1.29 is 17.9 Å². The van der Waals surface area contributed by atoms with E-state index in [1.165, 1.54) is 6.92 Å². The molecule has 0 atom stereocenters. The van der Waals surface area contributed by atoms with Gasteiger partial charge in [0.2, 0.25) is 5.91 Å². The van der Waals surface area contributed by atoms with Crippen molar-refractivity contribution in [1.82, 2.24) is 10.2 Å². The molecule has 0 bridgehead atoms. The predicted octanol–water partition coefficient (Wildman–Crippen LogP) is 2.12. The van der Waals surface area contributed by atoms with Crippen LogP contribution in [0.2, 0.25) is 0 Å². The number of ether oxygens (including phenoxy) is 1. The second-order valence-corrected chi connectivity index (χ2v) is 10.0. The minimum absolute atomic E-state index is 0. The normalized spacial score (nSPS) is 17.8. The number of hydrogen-bond donors (Lipinski definition) is 2. The third kappa shape index (κ3) is 7.32. The summed E-state index contributed by atoms with van der Waals surface area (Å²) < 4.78 is 29.3. The maximum Gasteiger partial charge on any atom is 0.221 e. The molecular formula is C19H31IN4O4S. The van der Waals surface area contributed by atoms with Crippen LogP contribution in [0.25, 0.3) is 0 Å². The molecule has 2 rings (SSSR count). The number of halogens is 1. The largest absolute Gasteiger partial charge is 0.492 e. The first-order valence-electron chi connectivity index (χ1n) is 9.40. The smallest absolute Gasteiger partial charge is 0.221 e. The highest BCUT2D eigenvalue weighted by Crippen LogP contribution is 2.23. The van der Waals surface area contributed by atoms with E-state index in [-0.39, 0.29) is 35.6 Å². The standard InChI is InChI=1S/C19H30N4O4S.HI/c1-5-20-18(23-10-12-28(25,26)19(3,4)14-23)21-9-11-27-17-8-6-7-16(13-17)22-15(2)24;/h6-8,13H,5,9-12,14H2,1-4H3,(H,20,21)(H,22,24);1H. The summed E-state index contributed by atoms with van der Waals surface area (Å²) in [5, 5.41) is 5.94. The Morgan fingerprint density at radius 1 is 1.34 bits per heavy atom. The second kappa shape index (κ2) is 11.0. The van der Waals surface area contributed by atoms with Gasteiger partial charge in [-0.2, -0.15) is 0 Å². The first-order chi connectivity index (χ1) is 13.1. The van der Waals surface area contributed by atoms with Gasteiger partial charge in [0, 0.05) is 38.3 Å². The van der Waals surface area contributed by atoms with E-state index in [2.05, 4.69) is 15.6 Å². The summed E-state index contributed by atoms with van der Waals surface area (Å²) in [6, 6.07) is 7.18. The van der Waals surface area contributed by atoms with Crippen LogP contribution in [0, 0.1) is 0 Å². The van der Waals surface area contributed by atoms with Crippen LogP contribution >= 0.6 is 24.0 Å². The Hall–Kier alpha value is -1.56. The summed E-state index contributed by atoms with van der Waals surface area (Å²) in [6.45, 7) is 9.26. The lowest BCUT2D eigenvalue weighted by molar-refractivity contribution is -0.114. The van der Waals surface area contributed by atoms with Crippen molar-refractivity contribution >= 4 is 51.4 Å². The van der Waals surface area contributed by atoms with Crippen LogP contribution in [-0.2, 0) is 14.6 Å². The fourth-order valence-corrected chi connectivity index (χ4v) is 4.30. The Morgan fingerprint density at radius 3 is 2.69 bits per heavy atom. The molecule has 1 aromatic carbocycles. The van der Waals surface area contributed by atoms with Crippen molar-refractivity contribution in [1.29, 1.82) is 0 Å². The molecule has 1 aliphatic rings. The number of benzene rings is 1. The van der Waals surface area contributed by atoms with Crippen molar-refractivity contribution in [3.05, 3.63) is 24.3 Å². The van der Waals surface area contributed by atoms with Crippen LogP contribution in [0.5, 0.6) is 5.75 Å². The van der Waals surface area contributed by atoms with Gasteiger partial charge in [-0.05, 0) is 32.9 Å². The van der Waals surface area contributed by atoms with E-state index in [1.807, 2.05) is 24.0 Å². The zero-order chi connectivity index (χ0) is 20.8. The molecule has 2 N–H and O–H groups in total. The van der Waals surface area contributed by atoms with E-state index in [0.29, 0.717) is 50.2 Å². The topological polar surface area (TPSA) is 100 Å². The van der Waals surface area contributed by atoms with Gasteiger partial charge in [-0.1, -0.05) is 6.07 Å². The molecule has 1 fully saturated rings. The van der Waals surface area contributed by atoms with Crippen LogP contribution in [-0.4, -0.2) is 68.5 Å². The number of hydrogen-bond acceptors (Lipinski definition) is 5. The molecule has 1 aromatic rings.